The summed E-state index contributed by atoms with van der Waals surface area (Å²) in [6, 6.07) is 11.9. The maximum atomic E-state index is 5.84. The minimum atomic E-state index is 0.525. The van der Waals surface area contributed by atoms with Gasteiger partial charge >= 0.3 is 0 Å². The van der Waals surface area contributed by atoms with Gasteiger partial charge in [0.25, 0.3) is 0 Å². The molecule has 6 rings (SSSR count). The lowest BCUT2D eigenvalue weighted by molar-refractivity contribution is 0.263. The van der Waals surface area contributed by atoms with Gasteiger partial charge in [0.15, 0.2) is 0 Å². The van der Waals surface area contributed by atoms with E-state index in [-0.39, 0.29) is 0 Å². The van der Waals surface area contributed by atoms with Crippen molar-refractivity contribution >= 4 is 34.1 Å². The van der Waals surface area contributed by atoms with Crippen LogP contribution in [0.3, 0.4) is 0 Å². The molecule has 0 unspecified atom stereocenters. The number of nitrogen functional groups attached to an aromatic ring is 1. The van der Waals surface area contributed by atoms with Crippen LogP contribution < -0.4 is 5.73 Å². The van der Waals surface area contributed by atoms with E-state index in [0.29, 0.717) is 18.8 Å². The smallest absolute Gasteiger partial charge is 0.140 e. The van der Waals surface area contributed by atoms with Crippen LogP contribution in [-0.2, 0) is 33.6 Å². The van der Waals surface area contributed by atoms with Crippen molar-refractivity contribution in [2.45, 2.75) is 19.5 Å². The summed E-state index contributed by atoms with van der Waals surface area (Å²) in [6.45, 7) is 1.44. The van der Waals surface area contributed by atoms with Gasteiger partial charge in [0, 0.05) is 31.5 Å². The number of hydrazone groups is 1. The Morgan fingerprint density at radius 2 is 1.94 bits per heavy atom. The van der Waals surface area contributed by atoms with Crippen molar-refractivity contribution in [3.05, 3.63) is 70.9 Å². The van der Waals surface area contributed by atoms with E-state index >= 15 is 0 Å². The van der Waals surface area contributed by atoms with Crippen molar-refractivity contribution in [3.8, 4) is 0 Å². The van der Waals surface area contributed by atoms with Crippen LogP contribution in [-0.4, -0.2) is 40.5 Å². The minimum absolute atomic E-state index is 0.525. The first kappa shape index (κ1) is 18.6. The number of fused-ring (bicyclic) bond motifs is 4. The molecule has 1 aliphatic rings. The third kappa shape index (κ3) is 2.85. The van der Waals surface area contributed by atoms with Crippen LogP contribution in [0.4, 0.5) is 5.82 Å². The maximum Gasteiger partial charge on any atom is 0.140 e. The second-order valence-corrected chi connectivity index (χ2v) is 8.22. The number of nitrogens with two attached hydrogens (primary N) is 1. The lowest BCUT2D eigenvalue weighted by Crippen LogP contribution is -2.23. The average Bonchev–Trinajstić information content (AvgIpc) is 3.45. The van der Waals surface area contributed by atoms with E-state index in [1.807, 2.05) is 36.7 Å². The molecule has 4 aromatic heterocycles. The number of aromatic nitrogens is 6. The standard InChI is InChI=1S/C23H23N9/c1-30-19-13-32(12-14-5-3-7-18-16(14)10-25-29-18)26-11-17(19)22-23(30)31(2)21(28-22)9-15-6-4-8-20(24)27-15/h3-8,10-11H,9,12-13H2,1-2H3,(H2,24,27)(H,25,29). The summed E-state index contributed by atoms with van der Waals surface area (Å²) < 4.78 is 4.37. The summed E-state index contributed by atoms with van der Waals surface area (Å²) in [5.74, 6) is 1.48. The molecule has 0 atom stereocenters. The molecule has 0 bridgehead atoms. The van der Waals surface area contributed by atoms with Gasteiger partial charge in [-0.3, -0.25) is 10.1 Å². The van der Waals surface area contributed by atoms with E-state index in [0.717, 1.165) is 45.7 Å². The molecule has 9 heteroatoms. The van der Waals surface area contributed by atoms with Gasteiger partial charge in [-0.1, -0.05) is 18.2 Å². The van der Waals surface area contributed by atoms with Gasteiger partial charge in [-0.15, -0.1) is 0 Å². The number of benzene rings is 1. The minimum Gasteiger partial charge on any atom is -0.384 e. The quantitative estimate of drug-likeness (QED) is 0.461. The number of rotatable bonds is 4. The Kier molecular flexibility index (Phi) is 4.04. The van der Waals surface area contributed by atoms with E-state index in [4.69, 9.17) is 15.8 Å². The van der Waals surface area contributed by atoms with Gasteiger partial charge in [-0.05, 0) is 23.8 Å². The zero-order valence-corrected chi connectivity index (χ0v) is 17.9. The van der Waals surface area contributed by atoms with Crippen molar-refractivity contribution in [2.75, 3.05) is 5.73 Å². The van der Waals surface area contributed by atoms with Gasteiger partial charge in [0.05, 0.1) is 42.4 Å². The number of H-pyrrole nitrogens is 1. The molecule has 160 valence electrons. The highest BCUT2D eigenvalue weighted by molar-refractivity contribution is 5.98. The molecular weight excluding hydrogens is 402 g/mol. The number of hydrogen-bond donors (Lipinski definition) is 2. The van der Waals surface area contributed by atoms with Crippen molar-refractivity contribution < 1.29 is 0 Å². The van der Waals surface area contributed by atoms with Gasteiger partial charge < -0.3 is 14.9 Å². The summed E-state index contributed by atoms with van der Waals surface area (Å²) in [6.07, 6.45) is 4.44. The number of anilines is 1. The van der Waals surface area contributed by atoms with Crippen LogP contribution in [0.25, 0.3) is 22.1 Å². The topological polar surface area (TPSA) is 106 Å². The van der Waals surface area contributed by atoms with E-state index in [1.165, 1.54) is 11.3 Å². The van der Waals surface area contributed by atoms with Crippen LogP contribution in [0, 0.1) is 0 Å². The highest BCUT2D eigenvalue weighted by Crippen LogP contribution is 2.29. The Labute approximate surface area is 184 Å². The molecule has 0 spiro atoms. The maximum absolute atomic E-state index is 5.84. The fourth-order valence-corrected chi connectivity index (χ4v) is 4.60. The molecule has 32 heavy (non-hydrogen) atoms. The van der Waals surface area contributed by atoms with Crippen LogP contribution in [0.1, 0.15) is 28.3 Å². The fourth-order valence-electron chi connectivity index (χ4n) is 4.60. The molecule has 0 fully saturated rings. The third-order valence-corrected chi connectivity index (χ3v) is 6.22. The van der Waals surface area contributed by atoms with Crippen molar-refractivity contribution in [1.29, 1.82) is 0 Å². The number of imidazole rings is 1. The summed E-state index contributed by atoms with van der Waals surface area (Å²) in [7, 11) is 4.15. The first-order valence-electron chi connectivity index (χ1n) is 10.5. The van der Waals surface area contributed by atoms with Crippen LogP contribution in [0.5, 0.6) is 0 Å². The van der Waals surface area contributed by atoms with Gasteiger partial charge in [-0.2, -0.15) is 10.2 Å². The first-order chi connectivity index (χ1) is 15.6. The molecule has 0 saturated heterocycles. The number of hydrogen-bond acceptors (Lipinski definition) is 6. The van der Waals surface area contributed by atoms with Crippen LogP contribution in [0.2, 0.25) is 0 Å². The third-order valence-electron chi connectivity index (χ3n) is 6.22. The van der Waals surface area contributed by atoms with E-state index in [1.54, 1.807) is 6.07 Å². The SMILES string of the molecule is Cn1c(Cc2cccc(N)n2)nc2c3c(n(C)c21)CN(Cc1cccc2[nH]ncc12)N=C3. The average molecular weight is 426 g/mol. The summed E-state index contributed by atoms with van der Waals surface area (Å²) in [5, 5.41) is 15.2. The Morgan fingerprint density at radius 1 is 1.06 bits per heavy atom. The molecule has 1 aliphatic heterocycles. The molecule has 5 aromatic rings. The molecule has 0 saturated carbocycles. The van der Waals surface area contributed by atoms with Gasteiger partial charge in [-0.25, -0.2) is 9.97 Å². The van der Waals surface area contributed by atoms with Gasteiger partial charge in [0.2, 0.25) is 0 Å². The van der Waals surface area contributed by atoms with Crippen molar-refractivity contribution in [2.24, 2.45) is 19.2 Å². The number of pyridine rings is 1. The number of nitrogens with zero attached hydrogens (tertiary/aromatic N) is 7. The van der Waals surface area contributed by atoms with Crippen LogP contribution in [0.15, 0.2) is 47.7 Å². The lowest BCUT2D eigenvalue weighted by atomic mass is 10.1. The highest BCUT2D eigenvalue weighted by Gasteiger charge is 2.25. The van der Waals surface area contributed by atoms with E-state index in [2.05, 4.69) is 49.5 Å². The first-order valence-corrected chi connectivity index (χ1v) is 10.5. The largest absolute Gasteiger partial charge is 0.384 e. The molecule has 0 aliphatic carbocycles. The molecule has 0 radical (unpaired) electrons. The number of aromatic amines is 1. The number of aryl methyl sites for hydroxylation is 2. The second kappa shape index (κ2) is 6.94. The lowest BCUT2D eigenvalue weighted by Gasteiger charge is -2.23. The molecule has 3 N–H and O–H groups in total. The van der Waals surface area contributed by atoms with Crippen LogP contribution >= 0.6 is 0 Å². The van der Waals surface area contributed by atoms with Crippen molar-refractivity contribution in [1.82, 2.24) is 34.3 Å². The van der Waals surface area contributed by atoms with E-state index < -0.39 is 0 Å². The van der Waals surface area contributed by atoms with Crippen molar-refractivity contribution in [3.63, 3.8) is 0 Å². The summed E-state index contributed by atoms with van der Waals surface area (Å²) in [5.41, 5.74) is 13.3. The predicted molar refractivity (Wildman–Crippen MR) is 124 cm³/mol. The normalized spacial score (nSPS) is 13.4. The second-order valence-electron chi connectivity index (χ2n) is 8.22. The predicted octanol–water partition coefficient (Wildman–Crippen LogP) is 2.71. The Balaban J connectivity index is 1.32. The van der Waals surface area contributed by atoms with E-state index in [9.17, 15) is 0 Å². The highest BCUT2D eigenvalue weighted by atomic mass is 15.5. The fraction of sp³-hybridized carbons (Fsp3) is 0.217. The summed E-state index contributed by atoms with van der Waals surface area (Å²) in [4.78, 5) is 9.37. The zero-order valence-electron chi connectivity index (χ0n) is 17.9. The Morgan fingerprint density at radius 3 is 2.81 bits per heavy atom. The molecule has 1 aromatic carbocycles. The molecule has 0 amide bonds. The molecule has 5 heterocycles. The summed E-state index contributed by atoms with van der Waals surface area (Å²) >= 11 is 0. The molecular formula is C23H23N9. The zero-order chi connectivity index (χ0) is 21.8. The Hall–Kier alpha value is -4.14. The monoisotopic (exact) mass is 425 g/mol. The number of nitrogens with one attached hydrogen (secondary N) is 1. The molecule has 9 nitrogen and oxygen atoms in total. The van der Waals surface area contributed by atoms with Gasteiger partial charge in [0.1, 0.15) is 22.8 Å². The Bertz CT molecular complexity index is 1500.